The summed E-state index contributed by atoms with van der Waals surface area (Å²) in [5.41, 5.74) is 0. The summed E-state index contributed by atoms with van der Waals surface area (Å²) >= 11 is 0. The van der Waals surface area contributed by atoms with E-state index in [-0.39, 0.29) is 18.9 Å². The van der Waals surface area contributed by atoms with Crippen LogP contribution in [0.3, 0.4) is 0 Å². The summed E-state index contributed by atoms with van der Waals surface area (Å²) in [4.78, 5) is 12.3. The molecule has 0 aliphatic rings. The predicted molar refractivity (Wildman–Crippen MR) is 176 cm³/mol. The van der Waals surface area contributed by atoms with Gasteiger partial charge in [-0.1, -0.05) is 120 Å². The third kappa shape index (κ3) is 28.2. The molecule has 3 unspecified atom stereocenters. The fourth-order valence-electron chi connectivity index (χ4n) is 4.66. The summed E-state index contributed by atoms with van der Waals surface area (Å²) < 4.78 is 0. The van der Waals surface area contributed by atoms with Gasteiger partial charge in [0, 0.05) is 0 Å². The van der Waals surface area contributed by atoms with Crippen LogP contribution in [0.5, 0.6) is 0 Å². The first-order valence-corrected chi connectivity index (χ1v) is 16.9. The van der Waals surface area contributed by atoms with Gasteiger partial charge in [0.2, 0.25) is 5.91 Å². The molecule has 4 N–H and O–H groups in total. The average Bonchev–Trinajstić information content (AvgIpc) is 2.96. The van der Waals surface area contributed by atoms with E-state index in [1.807, 2.05) is 6.08 Å². The highest BCUT2D eigenvalue weighted by molar-refractivity contribution is 5.76. The van der Waals surface area contributed by atoms with Crippen LogP contribution >= 0.6 is 0 Å². The molecule has 238 valence electrons. The molecule has 0 fully saturated rings. The van der Waals surface area contributed by atoms with Gasteiger partial charge < -0.3 is 20.6 Å². The molecule has 5 nitrogen and oxygen atoms in total. The highest BCUT2D eigenvalue weighted by Gasteiger charge is 2.19. The van der Waals surface area contributed by atoms with Crippen molar-refractivity contribution in [3.8, 4) is 0 Å². The number of nitrogens with one attached hydrogen (secondary N) is 1. The molecule has 5 heteroatoms. The molecule has 3 atom stereocenters. The number of unbranched alkanes of at least 4 members (excludes halogenated alkanes) is 14. The van der Waals surface area contributed by atoms with Gasteiger partial charge >= 0.3 is 0 Å². The van der Waals surface area contributed by atoms with Gasteiger partial charge in [0.25, 0.3) is 0 Å². The molecule has 41 heavy (non-hydrogen) atoms. The molecule has 0 radical (unpaired) electrons. The predicted octanol–water partition coefficient (Wildman–Crippen LogP) is 8.64. The number of allylic oxidation sites excluding steroid dienone is 7. The van der Waals surface area contributed by atoms with E-state index in [0.29, 0.717) is 6.42 Å². The molecule has 0 bridgehead atoms. The van der Waals surface area contributed by atoms with E-state index in [9.17, 15) is 20.1 Å². The molecule has 0 aromatic rings. The maximum Gasteiger partial charge on any atom is 0.222 e. The summed E-state index contributed by atoms with van der Waals surface area (Å²) in [5, 5.41) is 32.8. The van der Waals surface area contributed by atoms with Crippen molar-refractivity contribution in [1.29, 1.82) is 0 Å². The van der Waals surface area contributed by atoms with Crippen LogP contribution in [-0.4, -0.2) is 46.1 Å². The molecule has 0 spiro atoms. The van der Waals surface area contributed by atoms with Gasteiger partial charge in [-0.05, 0) is 70.6 Å². The lowest BCUT2D eigenvalue weighted by Crippen LogP contribution is -2.45. The van der Waals surface area contributed by atoms with Gasteiger partial charge in [-0.3, -0.25) is 4.79 Å². The Bertz CT molecular complexity index is 685. The average molecular weight is 576 g/mol. The maximum atomic E-state index is 12.3. The van der Waals surface area contributed by atoms with E-state index < -0.39 is 18.2 Å². The van der Waals surface area contributed by atoms with Crippen molar-refractivity contribution >= 4 is 5.91 Å². The third-order valence-corrected chi connectivity index (χ3v) is 7.32. The van der Waals surface area contributed by atoms with Crippen LogP contribution < -0.4 is 5.32 Å². The zero-order valence-corrected chi connectivity index (χ0v) is 26.7. The normalized spacial score (nSPS) is 14.6. The molecule has 0 aromatic carbocycles. The Hall–Kier alpha value is -1.69. The molecule has 0 aromatic heterocycles. The number of aliphatic hydroxyl groups is 3. The van der Waals surface area contributed by atoms with Crippen molar-refractivity contribution in [2.45, 2.75) is 167 Å². The topological polar surface area (TPSA) is 89.8 Å². The van der Waals surface area contributed by atoms with Crippen molar-refractivity contribution in [3.05, 3.63) is 48.6 Å². The van der Waals surface area contributed by atoms with Gasteiger partial charge in [-0.25, -0.2) is 0 Å². The highest BCUT2D eigenvalue weighted by atomic mass is 16.3. The number of hydrogen-bond acceptors (Lipinski definition) is 4. The highest BCUT2D eigenvalue weighted by Crippen LogP contribution is 2.11. The largest absolute Gasteiger partial charge is 0.394 e. The van der Waals surface area contributed by atoms with Crippen LogP contribution in [0.15, 0.2) is 48.6 Å². The Morgan fingerprint density at radius 1 is 0.610 bits per heavy atom. The van der Waals surface area contributed by atoms with Crippen molar-refractivity contribution in [2.75, 3.05) is 6.61 Å². The number of rotatable bonds is 29. The number of aliphatic hydroxyl groups excluding tert-OH is 3. The van der Waals surface area contributed by atoms with Gasteiger partial charge in [0.05, 0.1) is 31.3 Å². The summed E-state index contributed by atoms with van der Waals surface area (Å²) in [7, 11) is 0. The van der Waals surface area contributed by atoms with Crippen molar-refractivity contribution < 1.29 is 20.1 Å². The van der Waals surface area contributed by atoms with Gasteiger partial charge in [0.15, 0.2) is 0 Å². The summed E-state index contributed by atoms with van der Waals surface area (Å²) in [6, 6.07) is -0.770. The Morgan fingerprint density at radius 3 is 1.61 bits per heavy atom. The molecule has 0 rings (SSSR count). The van der Waals surface area contributed by atoms with E-state index in [4.69, 9.17) is 0 Å². The lowest BCUT2D eigenvalue weighted by atomic mass is 10.1. The molecule has 0 aliphatic heterocycles. The fourth-order valence-corrected chi connectivity index (χ4v) is 4.66. The summed E-state index contributed by atoms with van der Waals surface area (Å²) in [6.07, 6.45) is 38.0. The lowest BCUT2D eigenvalue weighted by molar-refractivity contribution is -0.124. The minimum Gasteiger partial charge on any atom is -0.394 e. The van der Waals surface area contributed by atoms with Crippen LogP contribution in [0.25, 0.3) is 0 Å². The molecule has 0 saturated heterocycles. The first-order chi connectivity index (χ1) is 20.0. The van der Waals surface area contributed by atoms with Crippen LogP contribution in [0.4, 0.5) is 0 Å². The zero-order valence-electron chi connectivity index (χ0n) is 26.7. The van der Waals surface area contributed by atoms with E-state index in [2.05, 4.69) is 55.6 Å². The van der Waals surface area contributed by atoms with E-state index in [1.165, 1.54) is 64.2 Å². The van der Waals surface area contributed by atoms with Crippen molar-refractivity contribution in [2.24, 2.45) is 0 Å². The SMILES string of the molecule is CCCCC/C=C\CCCCCC(O)CC(=O)NC(CO)C(O)/C=C/CC/C=C/CC/C=C/CCCCCCCC. The second-order valence-corrected chi connectivity index (χ2v) is 11.4. The molecular formula is C36H65NO4. The summed E-state index contributed by atoms with van der Waals surface area (Å²) in [6.45, 7) is 4.11. The molecule has 0 aliphatic carbocycles. The van der Waals surface area contributed by atoms with Gasteiger partial charge in [0.1, 0.15) is 0 Å². The van der Waals surface area contributed by atoms with Crippen LogP contribution in [0, 0.1) is 0 Å². The number of carbonyl (C=O) groups is 1. The van der Waals surface area contributed by atoms with Crippen LogP contribution in [-0.2, 0) is 4.79 Å². The fraction of sp³-hybridized carbons (Fsp3) is 0.750. The lowest BCUT2D eigenvalue weighted by Gasteiger charge is -2.20. The summed E-state index contributed by atoms with van der Waals surface area (Å²) in [5.74, 6) is -0.344. The Balaban J connectivity index is 3.90. The van der Waals surface area contributed by atoms with E-state index in [1.54, 1.807) is 6.08 Å². The first kappa shape index (κ1) is 39.3. The first-order valence-electron chi connectivity index (χ1n) is 16.9. The molecule has 1 amide bonds. The Kier molecular flexibility index (Phi) is 30.0. The van der Waals surface area contributed by atoms with Gasteiger partial charge in [-0.15, -0.1) is 0 Å². The number of hydrogen-bond donors (Lipinski definition) is 4. The van der Waals surface area contributed by atoms with Crippen molar-refractivity contribution in [3.63, 3.8) is 0 Å². The molecule has 0 saturated carbocycles. The monoisotopic (exact) mass is 575 g/mol. The Labute approximate surface area is 253 Å². The van der Waals surface area contributed by atoms with E-state index >= 15 is 0 Å². The van der Waals surface area contributed by atoms with Crippen LogP contribution in [0.1, 0.15) is 149 Å². The number of amides is 1. The third-order valence-electron chi connectivity index (χ3n) is 7.32. The minimum atomic E-state index is -0.961. The molecule has 0 heterocycles. The number of carbonyl (C=O) groups excluding carboxylic acids is 1. The minimum absolute atomic E-state index is 0.0106. The van der Waals surface area contributed by atoms with Gasteiger partial charge in [-0.2, -0.15) is 0 Å². The molecular weight excluding hydrogens is 510 g/mol. The maximum absolute atomic E-state index is 12.3. The van der Waals surface area contributed by atoms with Crippen molar-refractivity contribution in [1.82, 2.24) is 5.32 Å². The zero-order chi connectivity index (χ0) is 30.2. The Morgan fingerprint density at radius 2 is 1.05 bits per heavy atom. The quantitative estimate of drug-likeness (QED) is 0.0531. The second-order valence-electron chi connectivity index (χ2n) is 11.4. The standard InChI is InChI=1S/C36H65NO4/c1-3-5-7-9-11-13-15-16-17-18-19-20-22-24-26-28-30-35(40)34(32-38)37-36(41)31-33(39)29-27-25-23-21-14-12-10-8-6-4-2/h12,14,16-17,20,22,28,30,33-35,38-40H,3-11,13,15,18-19,21,23-27,29,31-32H2,1-2H3,(H,37,41)/b14-12-,17-16+,22-20+,30-28+. The van der Waals surface area contributed by atoms with E-state index in [0.717, 1.165) is 57.8 Å². The van der Waals surface area contributed by atoms with Crippen LogP contribution in [0.2, 0.25) is 0 Å². The smallest absolute Gasteiger partial charge is 0.222 e. The second kappa shape index (κ2) is 31.3.